The molecule has 1 amide bonds. The van der Waals surface area contributed by atoms with Crippen LogP contribution in [0.2, 0.25) is 0 Å². The van der Waals surface area contributed by atoms with Crippen molar-refractivity contribution in [1.29, 1.82) is 0 Å². The van der Waals surface area contributed by atoms with Crippen LogP contribution in [-0.4, -0.2) is 62.2 Å². The first-order valence-electron chi connectivity index (χ1n) is 9.08. The quantitative estimate of drug-likeness (QED) is 0.778. The van der Waals surface area contributed by atoms with Gasteiger partial charge in [-0.2, -0.15) is 11.8 Å². The number of morpholine rings is 1. The van der Waals surface area contributed by atoms with Gasteiger partial charge in [0, 0.05) is 55.7 Å². The number of anilines is 2. The number of hydrogen-bond acceptors (Lipinski definition) is 6. The van der Waals surface area contributed by atoms with Gasteiger partial charge in [-0.3, -0.25) is 4.79 Å². The number of halogens is 2. The number of carbonyl (C=O) groups excluding carboxylic acids is 1. The molecule has 1 aromatic carbocycles. The fraction of sp³-hybridized carbons (Fsp3) is 0.611. The van der Waals surface area contributed by atoms with Crippen molar-refractivity contribution in [2.45, 2.75) is 25.5 Å². The van der Waals surface area contributed by atoms with Crippen molar-refractivity contribution in [3.05, 3.63) is 23.8 Å². The standard InChI is InChI=1S/C18H21F2N3O3S/c1-10(24)21-4-12-5-23(16-17(25-12)26-16)11-2-13(19)15(14(20)3-11)22-6-18(7-22)8-27-9-18/h2-3,12,16-17H,4-9H2,1H3,(H,21,24)/t12-,16?,17?/m0/s1. The first-order valence-corrected chi connectivity index (χ1v) is 10.2. The largest absolute Gasteiger partial charge is 0.365 e. The van der Waals surface area contributed by atoms with Crippen LogP contribution in [0.4, 0.5) is 20.2 Å². The number of amides is 1. The van der Waals surface area contributed by atoms with Crippen LogP contribution in [0.15, 0.2) is 12.1 Å². The molecule has 9 heteroatoms. The van der Waals surface area contributed by atoms with E-state index in [9.17, 15) is 13.6 Å². The third-order valence-corrected chi connectivity index (χ3v) is 7.19. The molecule has 0 saturated carbocycles. The topological polar surface area (TPSA) is 57.3 Å². The Labute approximate surface area is 160 Å². The van der Waals surface area contributed by atoms with Gasteiger partial charge < -0.3 is 24.6 Å². The highest BCUT2D eigenvalue weighted by Gasteiger charge is 2.52. The maximum atomic E-state index is 14.8. The van der Waals surface area contributed by atoms with Gasteiger partial charge in [-0.25, -0.2) is 8.78 Å². The third-order valence-electron chi connectivity index (χ3n) is 5.56. The molecule has 4 fully saturated rings. The Morgan fingerprint density at radius 1 is 1.30 bits per heavy atom. The lowest BCUT2D eigenvalue weighted by Gasteiger charge is -2.56. The molecule has 6 nitrogen and oxygen atoms in total. The Kier molecular flexibility index (Phi) is 4.03. The number of rotatable bonds is 4. The zero-order valence-corrected chi connectivity index (χ0v) is 15.7. The van der Waals surface area contributed by atoms with Gasteiger partial charge in [-0.1, -0.05) is 0 Å². The molecule has 4 saturated heterocycles. The van der Waals surface area contributed by atoms with E-state index in [0.29, 0.717) is 18.8 Å². The van der Waals surface area contributed by atoms with Crippen molar-refractivity contribution in [1.82, 2.24) is 5.32 Å². The van der Waals surface area contributed by atoms with Crippen LogP contribution in [-0.2, 0) is 14.3 Å². The number of hydrogen-bond donors (Lipinski definition) is 1. The van der Waals surface area contributed by atoms with E-state index in [-0.39, 0.29) is 29.3 Å². The van der Waals surface area contributed by atoms with E-state index >= 15 is 0 Å². The molecule has 27 heavy (non-hydrogen) atoms. The van der Waals surface area contributed by atoms with Crippen molar-refractivity contribution in [2.24, 2.45) is 5.41 Å². The first kappa shape index (κ1) is 17.5. The van der Waals surface area contributed by atoms with Crippen molar-refractivity contribution in [3.8, 4) is 0 Å². The Hall–Kier alpha value is -1.58. The van der Waals surface area contributed by atoms with Crippen LogP contribution < -0.4 is 15.1 Å². The monoisotopic (exact) mass is 397 g/mol. The molecule has 1 N–H and O–H groups in total. The second kappa shape index (κ2) is 6.22. The van der Waals surface area contributed by atoms with Crippen LogP contribution in [0.25, 0.3) is 0 Å². The van der Waals surface area contributed by atoms with E-state index in [1.54, 1.807) is 9.80 Å². The van der Waals surface area contributed by atoms with Gasteiger partial charge in [0.25, 0.3) is 0 Å². The first-order chi connectivity index (χ1) is 12.9. The molecule has 0 radical (unpaired) electrons. The average molecular weight is 397 g/mol. The lowest BCUT2D eigenvalue weighted by molar-refractivity contribution is -0.120. The number of fused-ring (bicyclic) bond motifs is 1. The molecule has 3 atom stereocenters. The lowest BCUT2D eigenvalue weighted by Crippen LogP contribution is -2.63. The second-order valence-electron chi connectivity index (χ2n) is 7.85. The van der Waals surface area contributed by atoms with Crippen LogP contribution in [0, 0.1) is 17.0 Å². The number of ether oxygens (including phenoxy) is 2. The van der Waals surface area contributed by atoms with Gasteiger partial charge in [0.05, 0.1) is 6.10 Å². The van der Waals surface area contributed by atoms with Gasteiger partial charge in [-0.05, 0) is 12.1 Å². The van der Waals surface area contributed by atoms with Crippen LogP contribution in [0.3, 0.4) is 0 Å². The Bertz CT molecular complexity index is 760. The zero-order chi connectivity index (χ0) is 18.8. The smallest absolute Gasteiger partial charge is 0.216 e. The minimum Gasteiger partial charge on any atom is -0.365 e. The van der Waals surface area contributed by atoms with Crippen molar-refractivity contribution >= 4 is 29.0 Å². The summed E-state index contributed by atoms with van der Waals surface area (Å²) in [5, 5.41) is 2.70. The number of nitrogens with zero attached hydrogens (tertiary/aromatic N) is 2. The molecule has 0 bridgehead atoms. The Balaban J connectivity index is 1.32. The molecule has 0 aliphatic carbocycles. The summed E-state index contributed by atoms with van der Waals surface area (Å²) < 4.78 is 40.7. The lowest BCUT2D eigenvalue weighted by atomic mass is 9.82. The van der Waals surface area contributed by atoms with Gasteiger partial charge in [0.1, 0.15) is 5.69 Å². The van der Waals surface area contributed by atoms with E-state index in [1.165, 1.54) is 19.1 Å². The van der Waals surface area contributed by atoms with Crippen LogP contribution in [0.5, 0.6) is 0 Å². The summed E-state index contributed by atoms with van der Waals surface area (Å²) in [6.45, 7) is 3.59. The molecular formula is C18H21F2N3O3S. The summed E-state index contributed by atoms with van der Waals surface area (Å²) in [7, 11) is 0. The molecule has 5 rings (SSSR count). The minimum atomic E-state index is -0.547. The number of epoxide rings is 1. The molecule has 4 aliphatic rings. The number of benzene rings is 1. The molecule has 4 aliphatic heterocycles. The number of nitrogens with one attached hydrogen (secondary N) is 1. The number of thioether (sulfide) groups is 1. The van der Waals surface area contributed by atoms with Gasteiger partial charge in [0.15, 0.2) is 17.9 Å². The van der Waals surface area contributed by atoms with E-state index < -0.39 is 17.9 Å². The average Bonchev–Trinajstić information content (AvgIpc) is 3.30. The van der Waals surface area contributed by atoms with Gasteiger partial charge >= 0.3 is 0 Å². The second-order valence-corrected chi connectivity index (χ2v) is 8.84. The highest BCUT2D eigenvalue weighted by atomic mass is 32.2. The molecule has 2 unspecified atom stereocenters. The SMILES string of the molecule is CC(=O)NC[C@H]1CN(c2cc(F)c(N3CC4(CSC4)C3)c(F)c2)C2OC2O1. The molecule has 0 aromatic heterocycles. The molecule has 1 aromatic rings. The fourth-order valence-electron chi connectivity index (χ4n) is 4.11. The normalized spacial score (nSPS) is 30.4. The molecule has 4 heterocycles. The minimum absolute atomic E-state index is 0.0672. The van der Waals surface area contributed by atoms with E-state index in [1.807, 2.05) is 11.8 Å². The third kappa shape index (κ3) is 3.05. The zero-order valence-electron chi connectivity index (χ0n) is 14.9. The van der Waals surface area contributed by atoms with Crippen LogP contribution in [0.1, 0.15) is 6.92 Å². The van der Waals surface area contributed by atoms with E-state index in [4.69, 9.17) is 9.47 Å². The van der Waals surface area contributed by atoms with E-state index in [2.05, 4.69) is 5.32 Å². The summed E-state index contributed by atoms with van der Waals surface area (Å²) in [5.41, 5.74) is 0.766. The van der Waals surface area contributed by atoms with Crippen molar-refractivity contribution in [2.75, 3.05) is 47.5 Å². The summed E-state index contributed by atoms with van der Waals surface area (Å²) in [6, 6.07) is 2.75. The van der Waals surface area contributed by atoms with Crippen molar-refractivity contribution in [3.63, 3.8) is 0 Å². The summed E-state index contributed by atoms with van der Waals surface area (Å²) in [4.78, 5) is 14.7. The summed E-state index contributed by atoms with van der Waals surface area (Å²) in [6.07, 6.45) is -1.05. The molecule has 146 valence electrons. The highest BCUT2D eigenvalue weighted by molar-refractivity contribution is 8.00. The predicted molar refractivity (Wildman–Crippen MR) is 97.9 cm³/mol. The molecular weight excluding hydrogens is 376 g/mol. The summed E-state index contributed by atoms with van der Waals surface area (Å²) in [5.74, 6) is 0.911. The summed E-state index contributed by atoms with van der Waals surface area (Å²) >= 11 is 1.88. The predicted octanol–water partition coefficient (Wildman–Crippen LogP) is 1.54. The maximum Gasteiger partial charge on any atom is 0.216 e. The van der Waals surface area contributed by atoms with Crippen LogP contribution >= 0.6 is 11.8 Å². The van der Waals surface area contributed by atoms with Gasteiger partial charge in [-0.15, -0.1) is 0 Å². The Morgan fingerprint density at radius 3 is 2.59 bits per heavy atom. The van der Waals surface area contributed by atoms with E-state index in [0.717, 1.165) is 24.6 Å². The highest BCUT2D eigenvalue weighted by Crippen LogP contribution is 2.48. The fourth-order valence-corrected chi connectivity index (χ4v) is 5.25. The molecule has 1 spiro atoms. The number of carbonyl (C=O) groups is 1. The van der Waals surface area contributed by atoms with Crippen molar-refractivity contribution < 1.29 is 23.0 Å². The Morgan fingerprint density at radius 2 is 2.00 bits per heavy atom. The maximum absolute atomic E-state index is 14.8. The van der Waals surface area contributed by atoms with Gasteiger partial charge in [0.2, 0.25) is 12.2 Å².